The number of rotatable bonds is 4. The van der Waals surface area contributed by atoms with Gasteiger partial charge in [0.05, 0.1) is 15.6 Å². The zero-order valence-electron chi connectivity index (χ0n) is 14.6. The van der Waals surface area contributed by atoms with E-state index in [0.29, 0.717) is 5.69 Å². The molecule has 3 N–H and O–H groups in total. The maximum atomic E-state index is 12.2. The average Bonchev–Trinajstić information content (AvgIpc) is 3.16. The molecule has 0 fully saturated rings. The zero-order chi connectivity index (χ0) is 20.3. The van der Waals surface area contributed by atoms with E-state index in [9.17, 15) is 18.0 Å². The van der Waals surface area contributed by atoms with Crippen LogP contribution in [-0.2, 0) is 9.84 Å². The van der Waals surface area contributed by atoms with E-state index in [4.69, 9.17) is 11.6 Å². The molecule has 1 aromatic heterocycles. The molecule has 0 aliphatic rings. The third-order valence-electron chi connectivity index (χ3n) is 3.77. The molecule has 1 heterocycles. The summed E-state index contributed by atoms with van der Waals surface area (Å²) in [4.78, 5) is 24.2. The summed E-state index contributed by atoms with van der Waals surface area (Å²) in [5.41, 5.74) is 6.04. The topological polar surface area (TPSA) is 121 Å². The van der Waals surface area contributed by atoms with Gasteiger partial charge in [-0.3, -0.25) is 25.5 Å². The van der Waals surface area contributed by atoms with Gasteiger partial charge in [-0.25, -0.2) is 8.42 Å². The number of amides is 2. The molecule has 144 valence electrons. The lowest BCUT2D eigenvalue weighted by molar-refractivity contribution is 0.0844. The number of carbonyl (C=O) groups excluding carboxylic acids is 2. The minimum Gasteiger partial charge on any atom is -0.272 e. The molecule has 0 aliphatic carbocycles. The highest BCUT2D eigenvalue weighted by Crippen LogP contribution is 2.22. The van der Waals surface area contributed by atoms with Gasteiger partial charge in [0.2, 0.25) is 0 Å². The molecule has 0 spiro atoms. The summed E-state index contributed by atoms with van der Waals surface area (Å²) in [6.07, 6.45) is 0.986. The molecule has 0 aliphatic heterocycles. The molecule has 2 amide bonds. The van der Waals surface area contributed by atoms with Crippen LogP contribution >= 0.6 is 11.6 Å². The highest BCUT2D eigenvalue weighted by Gasteiger charge is 2.17. The Morgan fingerprint density at radius 1 is 1.00 bits per heavy atom. The number of benzene rings is 2. The molecule has 0 saturated heterocycles. The number of sulfone groups is 1. The Balaban J connectivity index is 1.68. The van der Waals surface area contributed by atoms with Gasteiger partial charge in [-0.2, -0.15) is 5.10 Å². The Hall–Kier alpha value is -3.17. The van der Waals surface area contributed by atoms with Crippen LogP contribution in [0.1, 0.15) is 20.8 Å². The Kier molecular flexibility index (Phi) is 5.48. The maximum Gasteiger partial charge on any atom is 0.287 e. The first kappa shape index (κ1) is 19.6. The molecule has 0 saturated carbocycles. The van der Waals surface area contributed by atoms with Gasteiger partial charge in [0.1, 0.15) is 5.69 Å². The smallest absolute Gasteiger partial charge is 0.272 e. The summed E-state index contributed by atoms with van der Waals surface area (Å²) < 4.78 is 23.4. The standard InChI is InChI=1S/C18H15ClN4O4S/c1-28(26,27)16-9-12(7-8-13(16)19)17(24)22-23-18(25)15-10-14(20-21-15)11-5-3-2-4-6-11/h2-10H,1H3,(H,20,21)(H,22,24)(H,23,25). The maximum absolute atomic E-state index is 12.2. The minimum atomic E-state index is -3.60. The van der Waals surface area contributed by atoms with Gasteiger partial charge in [0.15, 0.2) is 9.84 Å². The molecular weight excluding hydrogens is 404 g/mol. The van der Waals surface area contributed by atoms with Crippen LogP contribution < -0.4 is 10.9 Å². The van der Waals surface area contributed by atoms with E-state index in [2.05, 4.69) is 21.0 Å². The van der Waals surface area contributed by atoms with Crippen molar-refractivity contribution in [1.82, 2.24) is 21.0 Å². The fourth-order valence-corrected chi connectivity index (χ4v) is 3.68. The number of halogens is 1. The largest absolute Gasteiger partial charge is 0.287 e. The summed E-state index contributed by atoms with van der Waals surface area (Å²) in [7, 11) is -3.60. The molecule has 0 radical (unpaired) electrons. The number of aromatic amines is 1. The number of aromatic nitrogens is 2. The lowest BCUT2D eigenvalue weighted by Crippen LogP contribution is -2.41. The monoisotopic (exact) mass is 418 g/mol. The molecule has 3 aromatic rings. The summed E-state index contributed by atoms with van der Waals surface area (Å²) in [5, 5.41) is 6.66. The number of hydrazine groups is 1. The van der Waals surface area contributed by atoms with E-state index in [0.717, 1.165) is 17.9 Å². The van der Waals surface area contributed by atoms with Crippen LogP contribution in [0.15, 0.2) is 59.5 Å². The van der Waals surface area contributed by atoms with E-state index < -0.39 is 21.7 Å². The molecule has 0 bridgehead atoms. The van der Waals surface area contributed by atoms with Gasteiger partial charge in [-0.1, -0.05) is 41.9 Å². The first-order valence-electron chi connectivity index (χ1n) is 7.97. The molecule has 2 aromatic carbocycles. The van der Waals surface area contributed by atoms with Gasteiger partial charge >= 0.3 is 0 Å². The average molecular weight is 419 g/mol. The molecule has 8 nitrogen and oxygen atoms in total. The number of hydrogen-bond donors (Lipinski definition) is 3. The highest BCUT2D eigenvalue weighted by atomic mass is 35.5. The van der Waals surface area contributed by atoms with Crippen LogP contribution in [0.2, 0.25) is 5.02 Å². The van der Waals surface area contributed by atoms with Gasteiger partial charge < -0.3 is 0 Å². The molecule has 28 heavy (non-hydrogen) atoms. The molecule has 3 rings (SSSR count). The van der Waals surface area contributed by atoms with Gasteiger partial charge in [-0.05, 0) is 24.3 Å². The van der Waals surface area contributed by atoms with Gasteiger partial charge in [0.25, 0.3) is 11.8 Å². The van der Waals surface area contributed by atoms with Crippen LogP contribution in [-0.4, -0.2) is 36.7 Å². The third kappa shape index (κ3) is 4.38. The fourth-order valence-electron chi connectivity index (χ4n) is 2.38. The highest BCUT2D eigenvalue weighted by molar-refractivity contribution is 7.90. The first-order chi connectivity index (χ1) is 13.3. The van der Waals surface area contributed by atoms with E-state index in [1.165, 1.54) is 12.1 Å². The van der Waals surface area contributed by atoms with Crippen molar-refractivity contribution in [2.45, 2.75) is 4.90 Å². The Bertz CT molecular complexity index is 1140. The quantitative estimate of drug-likeness (QED) is 0.561. The van der Waals surface area contributed by atoms with Crippen LogP contribution in [0.5, 0.6) is 0 Å². The number of nitrogens with zero attached hydrogens (tertiary/aromatic N) is 1. The molecular formula is C18H15ClN4O4S. The van der Waals surface area contributed by atoms with Crippen molar-refractivity contribution in [3.05, 3.63) is 70.9 Å². The first-order valence-corrected chi connectivity index (χ1v) is 10.2. The van der Waals surface area contributed by atoms with Crippen molar-refractivity contribution in [2.24, 2.45) is 0 Å². The van der Waals surface area contributed by atoms with Crippen molar-refractivity contribution in [3.8, 4) is 11.3 Å². The van der Waals surface area contributed by atoms with E-state index in [1.54, 1.807) is 6.07 Å². The van der Waals surface area contributed by atoms with Crippen molar-refractivity contribution in [1.29, 1.82) is 0 Å². The van der Waals surface area contributed by atoms with E-state index in [-0.39, 0.29) is 21.2 Å². The number of H-pyrrole nitrogens is 1. The van der Waals surface area contributed by atoms with E-state index in [1.807, 2.05) is 30.3 Å². The fraction of sp³-hybridized carbons (Fsp3) is 0.0556. The Labute approximate surface area is 165 Å². The second kappa shape index (κ2) is 7.83. The van der Waals surface area contributed by atoms with Crippen molar-refractivity contribution in [2.75, 3.05) is 6.26 Å². The van der Waals surface area contributed by atoms with E-state index >= 15 is 0 Å². The number of nitrogens with one attached hydrogen (secondary N) is 3. The molecule has 0 unspecified atom stereocenters. The Morgan fingerprint density at radius 2 is 1.68 bits per heavy atom. The normalized spacial score (nSPS) is 11.1. The lowest BCUT2D eigenvalue weighted by atomic mass is 10.1. The summed E-state index contributed by atoms with van der Waals surface area (Å²) >= 11 is 5.85. The minimum absolute atomic E-state index is 0.00832. The number of hydrogen-bond acceptors (Lipinski definition) is 5. The predicted octanol–water partition coefficient (Wildman–Crippen LogP) is 2.21. The van der Waals surface area contributed by atoms with Crippen molar-refractivity contribution in [3.63, 3.8) is 0 Å². The second-order valence-corrected chi connectivity index (χ2v) is 8.25. The van der Waals surface area contributed by atoms with Gasteiger partial charge in [0, 0.05) is 17.4 Å². The third-order valence-corrected chi connectivity index (χ3v) is 5.35. The zero-order valence-corrected chi connectivity index (χ0v) is 16.1. The SMILES string of the molecule is CS(=O)(=O)c1cc(C(=O)NNC(=O)c2cc(-c3ccccc3)n[nH]2)ccc1Cl. The molecule has 10 heteroatoms. The molecule has 0 atom stereocenters. The second-order valence-electron chi connectivity index (χ2n) is 5.86. The number of carbonyl (C=O) groups is 2. The van der Waals surface area contributed by atoms with Crippen molar-refractivity contribution < 1.29 is 18.0 Å². The summed E-state index contributed by atoms with van der Waals surface area (Å²) in [5.74, 6) is -1.31. The van der Waals surface area contributed by atoms with Gasteiger partial charge in [-0.15, -0.1) is 0 Å². The van der Waals surface area contributed by atoms with Crippen LogP contribution in [0.25, 0.3) is 11.3 Å². The predicted molar refractivity (Wildman–Crippen MR) is 104 cm³/mol. The van der Waals surface area contributed by atoms with Crippen LogP contribution in [0.4, 0.5) is 0 Å². The lowest BCUT2D eigenvalue weighted by Gasteiger charge is -2.08. The van der Waals surface area contributed by atoms with Crippen molar-refractivity contribution >= 4 is 33.3 Å². The summed E-state index contributed by atoms with van der Waals surface area (Å²) in [6, 6.07) is 14.6. The summed E-state index contributed by atoms with van der Waals surface area (Å²) in [6.45, 7) is 0. The van der Waals surface area contributed by atoms with Crippen LogP contribution in [0, 0.1) is 0 Å². The van der Waals surface area contributed by atoms with Crippen LogP contribution in [0.3, 0.4) is 0 Å². The Morgan fingerprint density at radius 3 is 2.36 bits per heavy atom.